The van der Waals surface area contributed by atoms with Gasteiger partial charge in [0, 0.05) is 5.69 Å². The van der Waals surface area contributed by atoms with Crippen LogP contribution in [0.4, 0.5) is 5.69 Å². The molecule has 15 heavy (non-hydrogen) atoms. The molecule has 0 heterocycles. The molecule has 0 aliphatic carbocycles. The normalized spacial score (nSPS) is 9.33. The van der Waals surface area contributed by atoms with E-state index in [1.165, 1.54) is 5.56 Å². The zero-order chi connectivity index (χ0) is 11.1. The van der Waals surface area contributed by atoms with E-state index < -0.39 is 0 Å². The molecule has 0 saturated carbocycles. The number of benzene rings is 1. The monoisotopic (exact) mass is 202 g/mol. The Kier molecular flexibility index (Phi) is 4.36. The smallest absolute Gasteiger partial charge is 0.238 e. The predicted molar refractivity (Wildman–Crippen MR) is 59.3 cm³/mol. The van der Waals surface area contributed by atoms with Crippen LogP contribution in [0.25, 0.3) is 0 Å². The highest BCUT2D eigenvalue weighted by molar-refractivity contribution is 5.92. The van der Waals surface area contributed by atoms with E-state index in [2.05, 4.69) is 12.2 Å². The number of hydrogen-bond donors (Lipinski definition) is 1. The molecule has 0 aromatic heterocycles. The second-order valence-electron chi connectivity index (χ2n) is 3.33. The summed E-state index contributed by atoms with van der Waals surface area (Å²) in [5.74, 6) is -0.258. The van der Waals surface area contributed by atoms with Crippen molar-refractivity contribution in [2.75, 3.05) is 5.32 Å². The summed E-state index contributed by atoms with van der Waals surface area (Å²) in [6.45, 7) is 2.11. The van der Waals surface area contributed by atoms with Gasteiger partial charge < -0.3 is 5.32 Å². The molecule has 0 saturated heterocycles. The molecule has 1 N–H and O–H groups in total. The zero-order valence-corrected chi connectivity index (χ0v) is 8.79. The Hall–Kier alpha value is -1.82. The minimum atomic E-state index is -0.258. The summed E-state index contributed by atoms with van der Waals surface area (Å²) in [6.07, 6.45) is 1.98. The van der Waals surface area contributed by atoms with Gasteiger partial charge in [0.25, 0.3) is 0 Å². The lowest BCUT2D eigenvalue weighted by Crippen LogP contribution is -2.10. The lowest BCUT2D eigenvalue weighted by Gasteiger charge is -2.04. The molecule has 0 aliphatic heterocycles. The maximum Gasteiger partial charge on any atom is 0.238 e. The van der Waals surface area contributed by atoms with Gasteiger partial charge in [0.05, 0.1) is 6.07 Å². The number of nitriles is 1. The Morgan fingerprint density at radius 1 is 1.53 bits per heavy atom. The Bertz CT molecular complexity index is 379. The fourth-order valence-electron chi connectivity index (χ4n) is 1.37. The Balaban J connectivity index is 2.65. The molecule has 0 bridgehead atoms. The highest BCUT2D eigenvalue weighted by atomic mass is 16.1. The van der Waals surface area contributed by atoms with Crippen LogP contribution in [0.2, 0.25) is 0 Å². The maximum atomic E-state index is 11.1. The fraction of sp³-hybridized carbons (Fsp3) is 0.333. The maximum absolute atomic E-state index is 11.1. The van der Waals surface area contributed by atoms with Crippen LogP contribution < -0.4 is 5.32 Å². The number of nitrogens with one attached hydrogen (secondary N) is 1. The van der Waals surface area contributed by atoms with Crippen molar-refractivity contribution in [3.63, 3.8) is 0 Å². The average Bonchev–Trinajstić information content (AvgIpc) is 2.19. The van der Waals surface area contributed by atoms with E-state index in [0.29, 0.717) is 0 Å². The van der Waals surface area contributed by atoms with Crippen molar-refractivity contribution in [3.05, 3.63) is 29.8 Å². The minimum Gasteiger partial charge on any atom is -0.325 e. The number of carbonyl (C=O) groups excluding carboxylic acids is 1. The van der Waals surface area contributed by atoms with Crippen molar-refractivity contribution in [3.8, 4) is 6.07 Å². The molecule has 0 radical (unpaired) electrons. The van der Waals surface area contributed by atoms with Crippen LogP contribution in [0, 0.1) is 11.3 Å². The van der Waals surface area contributed by atoms with Crippen molar-refractivity contribution in [1.82, 2.24) is 0 Å². The van der Waals surface area contributed by atoms with Gasteiger partial charge in [-0.05, 0) is 24.1 Å². The molecule has 1 rings (SSSR count). The van der Waals surface area contributed by atoms with Crippen LogP contribution in [-0.4, -0.2) is 5.91 Å². The van der Waals surface area contributed by atoms with Crippen molar-refractivity contribution >= 4 is 11.6 Å². The molecule has 0 unspecified atom stereocenters. The van der Waals surface area contributed by atoms with E-state index in [0.717, 1.165) is 18.5 Å². The van der Waals surface area contributed by atoms with E-state index in [4.69, 9.17) is 5.26 Å². The summed E-state index contributed by atoms with van der Waals surface area (Å²) >= 11 is 0. The molecule has 0 fully saturated rings. The van der Waals surface area contributed by atoms with Crippen molar-refractivity contribution in [1.29, 1.82) is 5.26 Å². The molecule has 3 heteroatoms. The largest absolute Gasteiger partial charge is 0.325 e. The molecule has 1 amide bonds. The molecule has 3 nitrogen and oxygen atoms in total. The molecule has 0 atom stereocenters. The molecule has 1 aromatic rings. The van der Waals surface area contributed by atoms with Gasteiger partial charge >= 0.3 is 0 Å². The lowest BCUT2D eigenvalue weighted by molar-refractivity contribution is -0.115. The number of aryl methyl sites for hydroxylation is 1. The van der Waals surface area contributed by atoms with Gasteiger partial charge in [0.15, 0.2) is 0 Å². The van der Waals surface area contributed by atoms with Gasteiger partial charge in [-0.3, -0.25) is 4.79 Å². The zero-order valence-electron chi connectivity index (χ0n) is 8.79. The molecular formula is C12H14N2O. The SMILES string of the molecule is CCCc1cccc(NC(=O)CC#N)c1. The Morgan fingerprint density at radius 3 is 3.00 bits per heavy atom. The van der Waals surface area contributed by atoms with E-state index >= 15 is 0 Å². The first-order chi connectivity index (χ1) is 7.26. The first kappa shape index (κ1) is 11.3. The highest BCUT2D eigenvalue weighted by Gasteiger charge is 2.01. The molecular weight excluding hydrogens is 188 g/mol. The van der Waals surface area contributed by atoms with Crippen LogP contribution in [0.5, 0.6) is 0 Å². The fourth-order valence-corrected chi connectivity index (χ4v) is 1.37. The van der Waals surface area contributed by atoms with Gasteiger partial charge in [-0.1, -0.05) is 25.5 Å². The lowest BCUT2D eigenvalue weighted by atomic mass is 10.1. The first-order valence-corrected chi connectivity index (χ1v) is 5.02. The summed E-state index contributed by atoms with van der Waals surface area (Å²) in [5.41, 5.74) is 1.97. The number of amides is 1. The van der Waals surface area contributed by atoms with Gasteiger partial charge in [0.1, 0.15) is 6.42 Å². The molecule has 0 spiro atoms. The number of nitrogens with zero attached hydrogens (tertiary/aromatic N) is 1. The van der Waals surface area contributed by atoms with Crippen molar-refractivity contribution < 1.29 is 4.79 Å². The number of anilines is 1. The van der Waals surface area contributed by atoms with Crippen molar-refractivity contribution in [2.45, 2.75) is 26.2 Å². The third-order valence-electron chi connectivity index (χ3n) is 1.99. The van der Waals surface area contributed by atoms with Gasteiger partial charge in [-0.25, -0.2) is 0 Å². The average molecular weight is 202 g/mol. The standard InChI is InChI=1S/C12H14N2O/c1-2-4-10-5-3-6-11(9-10)14-12(15)7-8-13/h3,5-6,9H,2,4,7H2,1H3,(H,14,15). The van der Waals surface area contributed by atoms with Gasteiger partial charge in [-0.15, -0.1) is 0 Å². The quantitative estimate of drug-likeness (QED) is 0.815. The van der Waals surface area contributed by atoms with Crippen molar-refractivity contribution in [2.24, 2.45) is 0 Å². The number of rotatable bonds is 4. The second kappa shape index (κ2) is 5.82. The minimum absolute atomic E-state index is 0.0992. The van der Waals surface area contributed by atoms with E-state index in [1.54, 1.807) is 0 Å². The molecule has 78 valence electrons. The van der Waals surface area contributed by atoms with E-state index in [-0.39, 0.29) is 12.3 Å². The predicted octanol–water partition coefficient (Wildman–Crippen LogP) is 2.49. The molecule has 0 aliphatic rings. The third-order valence-corrected chi connectivity index (χ3v) is 1.99. The topological polar surface area (TPSA) is 52.9 Å². The highest BCUT2D eigenvalue weighted by Crippen LogP contribution is 2.12. The van der Waals surface area contributed by atoms with Crippen LogP contribution in [-0.2, 0) is 11.2 Å². The third kappa shape index (κ3) is 3.82. The van der Waals surface area contributed by atoms with Crippen LogP contribution in [0.15, 0.2) is 24.3 Å². The summed E-state index contributed by atoms with van der Waals surface area (Å²) in [5, 5.41) is 11.0. The molecule has 1 aromatic carbocycles. The van der Waals surface area contributed by atoms with Crippen LogP contribution >= 0.6 is 0 Å². The Morgan fingerprint density at radius 2 is 2.33 bits per heavy atom. The summed E-state index contributed by atoms with van der Waals surface area (Å²) in [4.78, 5) is 11.1. The second-order valence-corrected chi connectivity index (χ2v) is 3.33. The van der Waals surface area contributed by atoms with Gasteiger partial charge in [-0.2, -0.15) is 5.26 Å². The van der Waals surface area contributed by atoms with E-state index in [9.17, 15) is 4.79 Å². The van der Waals surface area contributed by atoms with E-state index in [1.807, 2.05) is 30.3 Å². The van der Waals surface area contributed by atoms with Crippen LogP contribution in [0.3, 0.4) is 0 Å². The first-order valence-electron chi connectivity index (χ1n) is 5.02. The summed E-state index contributed by atoms with van der Waals surface area (Å²) in [6, 6.07) is 9.53. The summed E-state index contributed by atoms with van der Waals surface area (Å²) in [7, 11) is 0. The number of hydrogen-bond acceptors (Lipinski definition) is 2. The van der Waals surface area contributed by atoms with Crippen LogP contribution in [0.1, 0.15) is 25.3 Å². The Labute approximate surface area is 89.7 Å². The number of carbonyl (C=O) groups is 1. The summed E-state index contributed by atoms with van der Waals surface area (Å²) < 4.78 is 0. The van der Waals surface area contributed by atoms with Gasteiger partial charge in [0.2, 0.25) is 5.91 Å².